The predicted octanol–water partition coefficient (Wildman–Crippen LogP) is 1.20. The van der Waals surface area contributed by atoms with Gasteiger partial charge in [0.05, 0.1) is 19.3 Å². The number of methoxy groups -OCH3 is 1. The summed E-state index contributed by atoms with van der Waals surface area (Å²) in [6.45, 7) is 0.0452. The molecule has 82 valence electrons. The third-order valence-corrected chi connectivity index (χ3v) is 2.05. The molecule has 0 fully saturated rings. The van der Waals surface area contributed by atoms with Crippen molar-refractivity contribution in [2.75, 3.05) is 7.11 Å². The maximum atomic E-state index is 11.1. The molecule has 1 aromatic rings. The van der Waals surface area contributed by atoms with Crippen molar-refractivity contribution in [2.24, 2.45) is 0 Å². The molecule has 1 rings (SSSR count). The Morgan fingerprint density at radius 2 is 2.20 bits per heavy atom. The lowest BCUT2D eigenvalue weighted by Gasteiger charge is -2.05. The molecule has 0 saturated carbocycles. The van der Waals surface area contributed by atoms with Crippen molar-refractivity contribution >= 4 is 14.6 Å². The van der Waals surface area contributed by atoms with Crippen LogP contribution in [0.4, 0.5) is 0 Å². The monoisotopic (exact) mass is 230 g/mol. The number of hydrogen-bond donors (Lipinski definition) is 2. The number of carbonyl (C=O) groups is 1. The zero-order chi connectivity index (χ0) is 11.3. The number of rotatable bonds is 4. The molecule has 0 atom stereocenters. The molecule has 5 nitrogen and oxygen atoms in total. The van der Waals surface area contributed by atoms with Crippen LogP contribution in [0.1, 0.15) is 15.9 Å². The number of ether oxygens (including phenoxy) is 1. The third-order valence-electron chi connectivity index (χ3n) is 1.69. The number of esters is 1. The van der Waals surface area contributed by atoms with Crippen molar-refractivity contribution in [1.82, 2.24) is 0 Å². The summed E-state index contributed by atoms with van der Waals surface area (Å²) in [5.41, 5.74) is 1.08. The van der Waals surface area contributed by atoms with Crippen LogP contribution in [0.5, 0.6) is 0 Å². The Hall–Kier alpha value is -1.00. The van der Waals surface area contributed by atoms with E-state index in [1.807, 2.05) is 0 Å². The normalized spacial score (nSPS) is 10.4. The molecule has 6 heteroatoms. The molecule has 1 aromatic carbocycles. The molecule has 0 spiro atoms. The van der Waals surface area contributed by atoms with Crippen molar-refractivity contribution in [2.45, 2.75) is 6.61 Å². The van der Waals surface area contributed by atoms with Crippen LogP contribution in [0.25, 0.3) is 0 Å². The second-order valence-electron chi connectivity index (χ2n) is 2.72. The van der Waals surface area contributed by atoms with Gasteiger partial charge in [-0.3, -0.25) is 0 Å². The van der Waals surface area contributed by atoms with Gasteiger partial charge in [-0.1, -0.05) is 12.1 Å². The van der Waals surface area contributed by atoms with E-state index in [0.29, 0.717) is 11.1 Å². The Morgan fingerprint density at radius 1 is 1.47 bits per heavy atom. The number of benzene rings is 1. The zero-order valence-corrected chi connectivity index (χ0v) is 8.98. The summed E-state index contributed by atoms with van der Waals surface area (Å²) >= 11 is 0. The van der Waals surface area contributed by atoms with Gasteiger partial charge in [-0.05, 0) is 17.7 Å². The zero-order valence-electron chi connectivity index (χ0n) is 8.08. The maximum Gasteiger partial charge on any atom is 0.337 e. The minimum absolute atomic E-state index is 0.0452. The summed E-state index contributed by atoms with van der Waals surface area (Å²) < 4.78 is 9.16. The molecule has 0 bridgehead atoms. The Kier molecular flexibility index (Phi) is 4.65. The molecule has 0 heterocycles. The van der Waals surface area contributed by atoms with Crippen LogP contribution in [0.3, 0.4) is 0 Å². The van der Waals surface area contributed by atoms with Crippen LogP contribution in [0, 0.1) is 0 Å². The van der Waals surface area contributed by atoms with Crippen molar-refractivity contribution < 1.29 is 23.8 Å². The molecule has 0 aliphatic carbocycles. The smallest absolute Gasteiger partial charge is 0.337 e. The largest absolute Gasteiger partial charge is 0.465 e. The van der Waals surface area contributed by atoms with E-state index in [1.54, 1.807) is 24.3 Å². The van der Waals surface area contributed by atoms with Crippen molar-refractivity contribution in [3.63, 3.8) is 0 Å². The molecule has 0 radical (unpaired) electrons. The van der Waals surface area contributed by atoms with Gasteiger partial charge in [0.2, 0.25) is 0 Å². The molecule has 2 N–H and O–H groups in total. The third kappa shape index (κ3) is 3.93. The van der Waals surface area contributed by atoms with Gasteiger partial charge >= 0.3 is 14.6 Å². The average Bonchev–Trinajstić information content (AvgIpc) is 2.25. The lowest BCUT2D eigenvalue weighted by molar-refractivity contribution is 0.0600. The molecule has 0 aliphatic heterocycles. The summed E-state index contributed by atoms with van der Waals surface area (Å²) in [5.74, 6) is -0.438. The van der Waals surface area contributed by atoms with Gasteiger partial charge in [0.15, 0.2) is 0 Å². The lowest BCUT2D eigenvalue weighted by atomic mass is 10.1. The number of hydrogen-bond acceptors (Lipinski definition) is 5. The quantitative estimate of drug-likeness (QED) is 0.600. The topological polar surface area (TPSA) is 76.0 Å². The van der Waals surface area contributed by atoms with E-state index in [1.165, 1.54) is 7.11 Å². The minimum atomic E-state index is -2.37. The van der Waals surface area contributed by atoms with Crippen LogP contribution in [-0.4, -0.2) is 22.9 Å². The SMILES string of the molecule is COC(=O)c1cccc(COP(O)O)c1. The first kappa shape index (κ1) is 12.1. The molecular weight excluding hydrogens is 219 g/mol. The van der Waals surface area contributed by atoms with Crippen molar-refractivity contribution in [3.05, 3.63) is 35.4 Å². The van der Waals surface area contributed by atoms with Gasteiger partial charge in [-0.2, -0.15) is 0 Å². The Balaban J connectivity index is 2.70. The molecule has 0 saturated heterocycles. The van der Waals surface area contributed by atoms with Gasteiger partial charge in [0, 0.05) is 0 Å². The van der Waals surface area contributed by atoms with E-state index < -0.39 is 14.6 Å². The van der Waals surface area contributed by atoms with Crippen LogP contribution >= 0.6 is 8.60 Å². The summed E-state index contributed by atoms with van der Waals surface area (Å²) in [6.07, 6.45) is 0. The maximum absolute atomic E-state index is 11.1. The second kappa shape index (κ2) is 5.78. The van der Waals surface area contributed by atoms with Gasteiger partial charge < -0.3 is 19.0 Å². The van der Waals surface area contributed by atoms with E-state index in [-0.39, 0.29) is 6.61 Å². The lowest BCUT2D eigenvalue weighted by Crippen LogP contribution is -2.01. The summed E-state index contributed by atoms with van der Waals surface area (Å²) in [5, 5.41) is 0. The van der Waals surface area contributed by atoms with E-state index in [4.69, 9.17) is 9.79 Å². The summed E-state index contributed by atoms with van der Waals surface area (Å²) in [6, 6.07) is 6.56. The Labute approximate surface area is 88.3 Å². The summed E-state index contributed by atoms with van der Waals surface area (Å²) in [7, 11) is -1.07. The first-order valence-corrected chi connectivity index (χ1v) is 5.28. The summed E-state index contributed by atoms with van der Waals surface area (Å²) in [4.78, 5) is 28.2. The highest BCUT2D eigenvalue weighted by Gasteiger charge is 2.06. The molecule has 0 aliphatic rings. The molecule has 0 amide bonds. The van der Waals surface area contributed by atoms with Crippen molar-refractivity contribution in [3.8, 4) is 0 Å². The van der Waals surface area contributed by atoms with Gasteiger partial charge in [0.1, 0.15) is 0 Å². The van der Waals surface area contributed by atoms with Crippen LogP contribution in [0.2, 0.25) is 0 Å². The van der Waals surface area contributed by atoms with E-state index in [9.17, 15) is 4.79 Å². The van der Waals surface area contributed by atoms with Gasteiger partial charge in [-0.25, -0.2) is 4.79 Å². The van der Waals surface area contributed by atoms with Crippen LogP contribution < -0.4 is 0 Å². The fraction of sp³-hybridized carbons (Fsp3) is 0.222. The highest BCUT2D eigenvalue weighted by Crippen LogP contribution is 2.26. The first-order chi connectivity index (χ1) is 7.13. The van der Waals surface area contributed by atoms with Crippen molar-refractivity contribution in [1.29, 1.82) is 0 Å². The Bertz CT molecular complexity index is 339. The highest BCUT2D eigenvalue weighted by molar-refractivity contribution is 7.39. The van der Waals surface area contributed by atoms with Crippen LogP contribution in [-0.2, 0) is 15.9 Å². The molecular formula is C9H11O5P. The molecule has 0 aromatic heterocycles. The highest BCUT2D eigenvalue weighted by atomic mass is 31.2. The minimum Gasteiger partial charge on any atom is -0.465 e. The van der Waals surface area contributed by atoms with E-state index in [2.05, 4.69) is 9.26 Å². The fourth-order valence-corrected chi connectivity index (χ4v) is 1.30. The fourth-order valence-electron chi connectivity index (χ4n) is 1.04. The number of carbonyl (C=O) groups excluding carboxylic acids is 1. The van der Waals surface area contributed by atoms with E-state index in [0.717, 1.165) is 0 Å². The predicted molar refractivity (Wildman–Crippen MR) is 53.9 cm³/mol. The van der Waals surface area contributed by atoms with Gasteiger partial charge in [0.25, 0.3) is 0 Å². The van der Waals surface area contributed by atoms with E-state index >= 15 is 0 Å². The second-order valence-corrected chi connectivity index (χ2v) is 3.48. The molecule has 0 unspecified atom stereocenters. The molecule has 15 heavy (non-hydrogen) atoms. The van der Waals surface area contributed by atoms with Gasteiger partial charge in [-0.15, -0.1) is 0 Å². The Morgan fingerprint density at radius 3 is 2.80 bits per heavy atom. The average molecular weight is 230 g/mol. The first-order valence-electron chi connectivity index (χ1n) is 4.11. The van der Waals surface area contributed by atoms with Crippen LogP contribution in [0.15, 0.2) is 24.3 Å². The standard InChI is InChI=1S/C9H11O5P/c1-13-9(10)8-4-2-3-7(5-8)6-14-15(11)12/h2-5,11-12H,6H2,1H3.